The Balaban J connectivity index is 2.13. The van der Waals surface area contributed by atoms with Gasteiger partial charge in [0.1, 0.15) is 0 Å². The van der Waals surface area contributed by atoms with E-state index in [0.717, 1.165) is 22.3 Å². The molecule has 0 unspecified atom stereocenters. The number of hydrazine groups is 1. The van der Waals surface area contributed by atoms with Crippen molar-refractivity contribution in [3.8, 4) is 11.3 Å². The molecule has 1 aromatic carbocycles. The molecule has 0 fully saturated rings. The minimum absolute atomic E-state index is 0.397. The first kappa shape index (κ1) is 10.7. The number of anilines is 1. The lowest BCUT2D eigenvalue weighted by atomic mass is 10.1. The minimum atomic E-state index is 0.397. The highest BCUT2D eigenvalue weighted by Crippen LogP contribution is 2.22. The predicted molar refractivity (Wildman–Crippen MR) is 69.6 cm³/mol. The van der Waals surface area contributed by atoms with Crippen LogP contribution in [0.5, 0.6) is 0 Å². The summed E-state index contributed by atoms with van der Waals surface area (Å²) >= 11 is 0. The van der Waals surface area contributed by atoms with Gasteiger partial charge in [-0.1, -0.05) is 6.07 Å². The van der Waals surface area contributed by atoms with Crippen LogP contribution in [-0.4, -0.2) is 19.5 Å². The van der Waals surface area contributed by atoms with Gasteiger partial charge in [-0.2, -0.15) is 0 Å². The van der Waals surface area contributed by atoms with Gasteiger partial charge in [-0.15, -0.1) is 0 Å². The third kappa shape index (κ3) is 1.68. The van der Waals surface area contributed by atoms with Crippen molar-refractivity contribution in [1.82, 2.24) is 19.5 Å². The number of aromatic nitrogens is 4. The monoisotopic (exact) mass is 240 g/mol. The number of nitrogens with zero attached hydrogens (tertiary/aromatic N) is 4. The van der Waals surface area contributed by atoms with Gasteiger partial charge in [0.05, 0.1) is 23.1 Å². The molecule has 0 atom stereocenters. The number of rotatable bonds is 2. The molecule has 0 aliphatic carbocycles. The molecular weight excluding hydrogens is 228 g/mol. The number of imidazole rings is 1. The molecule has 0 saturated heterocycles. The summed E-state index contributed by atoms with van der Waals surface area (Å²) in [5, 5.41) is 0. The Kier molecular flexibility index (Phi) is 2.42. The van der Waals surface area contributed by atoms with Crippen molar-refractivity contribution in [3.63, 3.8) is 0 Å². The number of fused-ring (bicyclic) bond motifs is 1. The molecule has 18 heavy (non-hydrogen) atoms. The number of nitrogen functional groups attached to an aromatic ring is 1. The van der Waals surface area contributed by atoms with Crippen molar-refractivity contribution in [2.45, 2.75) is 0 Å². The second kappa shape index (κ2) is 4.08. The van der Waals surface area contributed by atoms with Crippen molar-refractivity contribution < 1.29 is 0 Å². The molecule has 3 aromatic rings. The Morgan fingerprint density at radius 2 is 2.11 bits per heavy atom. The highest BCUT2D eigenvalue weighted by Gasteiger charge is 2.05. The fourth-order valence-corrected chi connectivity index (χ4v) is 1.88. The maximum atomic E-state index is 5.30. The van der Waals surface area contributed by atoms with Crippen molar-refractivity contribution >= 4 is 17.0 Å². The lowest BCUT2D eigenvalue weighted by Gasteiger charge is -2.03. The van der Waals surface area contributed by atoms with Crippen molar-refractivity contribution in [2.75, 3.05) is 5.43 Å². The third-order valence-corrected chi connectivity index (χ3v) is 2.81. The number of hydrogen-bond donors (Lipinski definition) is 2. The van der Waals surface area contributed by atoms with Crippen molar-refractivity contribution in [3.05, 3.63) is 36.8 Å². The summed E-state index contributed by atoms with van der Waals surface area (Å²) in [6.45, 7) is 0. The zero-order chi connectivity index (χ0) is 12.5. The Morgan fingerprint density at radius 1 is 1.22 bits per heavy atom. The zero-order valence-electron chi connectivity index (χ0n) is 9.83. The van der Waals surface area contributed by atoms with Crippen LogP contribution in [0.3, 0.4) is 0 Å². The quantitative estimate of drug-likeness (QED) is 0.521. The molecule has 0 aliphatic rings. The Hall–Kier alpha value is -2.47. The number of hydrogen-bond acceptors (Lipinski definition) is 5. The van der Waals surface area contributed by atoms with Gasteiger partial charge in [0.2, 0.25) is 5.95 Å². The van der Waals surface area contributed by atoms with E-state index >= 15 is 0 Å². The molecule has 0 saturated carbocycles. The Labute approximate surface area is 103 Å². The van der Waals surface area contributed by atoms with E-state index in [4.69, 9.17) is 5.84 Å². The maximum absolute atomic E-state index is 5.30. The third-order valence-electron chi connectivity index (χ3n) is 2.81. The fraction of sp³-hybridized carbons (Fsp3) is 0.0833. The van der Waals surface area contributed by atoms with Crippen LogP contribution in [0.1, 0.15) is 0 Å². The van der Waals surface area contributed by atoms with Gasteiger partial charge >= 0.3 is 0 Å². The predicted octanol–water partition coefficient (Wildman–Crippen LogP) is 1.32. The second-order valence-corrected chi connectivity index (χ2v) is 3.97. The van der Waals surface area contributed by atoms with E-state index in [1.165, 1.54) is 0 Å². The molecule has 2 aromatic heterocycles. The lowest BCUT2D eigenvalue weighted by molar-refractivity contribution is 0.948. The van der Waals surface area contributed by atoms with Gasteiger partial charge in [0, 0.05) is 18.8 Å². The minimum Gasteiger partial charge on any atom is -0.334 e. The number of nitrogens with two attached hydrogens (primary N) is 1. The topological polar surface area (TPSA) is 81.7 Å². The Bertz CT molecular complexity index is 703. The van der Waals surface area contributed by atoms with Crippen LogP contribution in [0.25, 0.3) is 22.3 Å². The van der Waals surface area contributed by atoms with E-state index in [-0.39, 0.29) is 0 Å². The van der Waals surface area contributed by atoms with Gasteiger partial charge < -0.3 is 4.57 Å². The standard InChI is InChI=1S/C12H12N6/c1-18-7-15-10-6-8(2-3-11(10)18)9-4-5-14-12(16-9)17-13/h2-7H,13H2,1H3,(H,14,16,17). The van der Waals surface area contributed by atoms with E-state index in [1.807, 2.05) is 35.9 Å². The normalized spacial score (nSPS) is 10.8. The average molecular weight is 240 g/mol. The molecule has 3 N–H and O–H groups in total. The smallest absolute Gasteiger partial charge is 0.237 e. The van der Waals surface area contributed by atoms with Gasteiger partial charge in [-0.05, 0) is 18.2 Å². The van der Waals surface area contributed by atoms with Crippen molar-refractivity contribution in [2.24, 2.45) is 12.9 Å². The molecule has 0 spiro atoms. The first-order chi connectivity index (χ1) is 8.78. The van der Waals surface area contributed by atoms with Crippen LogP contribution in [0.4, 0.5) is 5.95 Å². The average Bonchev–Trinajstić information content (AvgIpc) is 2.80. The van der Waals surface area contributed by atoms with Crippen LogP contribution >= 0.6 is 0 Å². The van der Waals surface area contributed by atoms with Crippen LogP contribution in [0.15, 0.2) is 36.8 Å². The lowest BCUT2D eigenvalue weighted by Crippen LogP contribution is -2.10. The molecule has 6 heteroatoms. The van der Waals surface area contributed by atoms with Gasteiger partial charge in [0.25, 0.3) is 0 Å². The molecule has 0 bridgehead atoms. The van der Waals surface area contributed by atoms with E-state index in [9.17, 15) is 0 Å². The summed E-state index contributed by atoms with van der Waals surface area (Å²) < 4.78 is 1.98. The summed E-state index contributed by atoms with van der Waals surface area (Å²) in [7, 11) is 1.97. The molecule has 0 aliphatic heterocycles. The van der Waals surface area contributed by atoms with Gasteiger partial charge in [-0.25, -0.2) is 20.8 Å². The van der Waals surface area contributed by atoms with Crippen molar-refractivity contribution in [1.29, 1.82) is 0 Å². The maximum Gasteiger partial charge on any atom is 0.237 e. The highest BCUT2D eigenvalue weighted by molar-refractivity contribution is 5.81. The van der Waals surface area contributed by atoms with E-state index in [0.29, 0.717) is 5.95 Å². The SMILES string of the molecule is Cn1cnc2cc(-c3ccnc(NN)n3)ccc21. The summed E-state index contributed by atoms with van der Waals surface area (Å²) in [6.07, 6.45) is 3.46. The number of benzene rings is 1. The molecule has 6 nitrogen and oxygen atoms in total. The second-order valence-electron chi connectivity index (χ2n) is 3.97. The van der Waals surface area contributed by atoms with Gasteiger partial charge in [-0.3, -0.25) is 5.43 Å². The summed E-state index contributed by atoms with van der Waals surface area (Å²) in [5.41, 5.74) is 6.26. The molecular formula is C12H12N6. The fourth-order valence-electron chi connectivity index (χ4n) is 1.88. The van der Waals surface area contributed by atoms with E-state index in [1.54, 1.807) is 12.5 Å². The zero-order valence-corrected chi connectivity index (χ0v) is 9.83. The summed E-state index contributed by atoms with van der Waals surface area (Å²) in [4.78, 5) is 12.6. The molecule has 3 rings (SSSR count). The molecule has 0 amide bonds. The van der Waals surface area contributed by atoms with E-state index < -0.39 is 0 Å². The van der Waals surface area contributed by atoms with E-state index in [2.05, 4.69) is 20.4 Å². The summed E-state index contributed by atoms with van der Waals surface area (Å²) in [6, 6.07) is 7.87. The molecule has 90 valence electrons. The van der Waals surface area contributed by atoms with Crippen LogP contribution in [0.2, 0.25) is 0 Å². The first-order valence-electron chi connectivity index (χ1n) is 5.49. The first-order valence-corrected chi connectivity index (χ1v) is 5.49. The molecule has 2 heterocycles. The van der Waals surface area contributed by atoms with Crippen LogP contribution < -0.4 is 11.3 Å². The Morgan fingerprint density at radius 3 is 2.94 bits per heavy atom. The van der Waals surface area contributed by atoms with Crippen LogP contribution in [0, 0.1) is 0 Å². The summed E-state index contributed by atoms with van der Waals surface area (Å²) in [5.74, 6) is 5.70. The number of aryl methyl sites for hydroxylation is 1. The highest BCUT2D eigenvalue weighted by atomic mass is 15.3. The largest absolute Gasteiger partial charge is 0.334 e. The van der Waals surface area contributed by atoms with Crippen LogP contribution in [-0.2, 0) is 7.05 Å². The number of nitrogens with one attached hydrogen (secondary N) is 1. The van der Waals surface area contributed by atoms with Gasteiger partial charge in [0.15, 0.2) is 0 Å². The molecule has 0 radical (unpaired) electrons.